The van der Waals surface area contributed by atoms with Gasteiger partial charge < -0.3 is 9.64 Å². The molecule has 0 aliphatic carbocycles. The fraction of sp³-hybridized carbons (Fsp3) is 0.158. The lowest BCUT2D eigenvalue weighted by atomic mass is 10.1. The van der Waals surface area contributed by atoms with E-state index in [1.165, 1.54) is 17.0 Å². The molecule has 2 aromatic carbocycles. The molecule has 5 heteroatoms. The molecule has 0 N–H and O–H groups in total. The van der Waals surface area contributed by atoms with Crippen LogP contribution in [0.5, 0.6) is 5.75 Å². The zero-order chi connectivity index (χ0) is 17.5. The molecule has 0 saturated carbocycles. The summed E-state index contributed by atoms with van der Waals surface area (Å²) in [5, 5.41) is 9.19. The Morgan fingerprint density at radius 1 is 1.21 bits per heavy atom. The standard InChI is InChI=1S/C19H17FN2O2/c1-22(2)19(23)16(12-21)11-14-7-4-6-10-18(14)24-13-15-8-3-5-9-17(15)20/h3-11H,13H2,1-2H3/b16-11-. The number of benzene rings is 2. The number of amides is 1. The Kier molecular flexibility index (Phi) is 5.69. The van der Waals surface area contributed by atoms with E-state index in [-0.39, 0.29) is 23.9 Å². The molecule has 0 radical (unpaired) electrons. The number of halogens is 1. The van der Waals surface area contributed by atoms with Gasteiger partial charge in [0.2, 0.25) is 0 Å². The average molecular weight is 324 g/mol. The molecule has 0 aromatic heterocycles. The molecular weight excluding hydrogens is 307 g/mol. The number of rotatable bonds is 5. The van der Waals surface area contributed by atoms with Crippen LogP contribution in [0.3, 0.4) is 0 Å². The molecule has 2 rings (SSSR count). The van der Waals surface area contributed by atoms with Gasteiger partial charge in [0.25, 0.3) is 5.91 Å². The number of nitriles is 1. The van der Waals surface area contributed by atoms with Crippen molar-refractivity contribution in [2.75, 3.05) is 14.1 Å². The summed E-state index contributed by atoms with van der Waals surface area (Å²) in [5.41, 5.74) is 1.02. The topological polar surface area (TPSA) is 53.3 Å². The fourth-order valence-electron chi connectivity index (χ4n) is 2.04. The van der Waals surface area contributed by atoms with Crippen molar-refractivity contribution < 1.29 is 13.9 Å². The summed E-state index contributed by atoms with van der Waals surface area (Å²) in [6.07, 6.45) is 1.47. The molecule has 0 spiro atoms. The second-order valence-corrected chi connectivity index (χ2v) is 5.29. The van der Waals surface area contributed by atoms with Gasteiger partial charge >= 0.3 is 0 Å². The SMILES string of the molecule is CN(C)C(=O)/C(C#N)=C\c1ccccc1OCc1ccccc1F. The Bertz CT molecular complexity index is 807. The Morgan fingerprint density at radius 3 is 2.54 bits per heavy atom. The largest absolute Gasteiger partial charge is 0.488 e. The van der Waals surface area contributed by atoms with E-state index in [1.54, 1.807) is 56.6 Å². The molecule has 4 nitrogen and oxygen atoms in total. The van der Waals surface area contributed by atoms with E-state index in [1.807, 2.05) is 6.07 Å². The normalized spacial score (nSPS) is 10.8. The quantitative estimate of drug-likeness (QED) is 0.626. The molecule has 1 amide bonds. The highest BCUT2D eigenvalue weighted by atomic mass is 19.1. The van der Waals surface area contributed by atoms with Crippen molar-refractivity contribution in [3.8, 4) is 11.8 Å². The van der Waals surface area contributed by atoms with Crippen molar-refractivity contribution in [2.45, 2.75) is 6.61 Å². The number of hydrogen-bond donors (Lipinski definition) is 0. The summed E-state index contributed by atoms with van der Waals surface area (Å²) in [7, 11) is 3.15. The van der Waals surface area contributed by atoms with Gasteiger partial charge in [-0.05, 0) is 18.2 Å². The van der Waals surface area contributed by atoms with Gasteiger partial charge in [-0.2, -0.15) is 5.26 Å². The van der Waals surface area contributed by atoms with E-state index in [4.69, 9.17) is 4.74 Å². The van der Waals surface area contributed by atoms with Crippen LogP contribution in [0.2, 0.25) is 0 Å². The van der Waals surface area contributed by atoms with Crippen molar-refractivity contribution in [1.29, 1.82) is 5.26 Å². The predicted octanol–water partition coefficient (Wildman–Crippen LogP) is 3.40. The lowest BCUT2D eigenvalue weighted by molar-refractivity contribution is -0.124. The molecule has 2 aromatic rings. The number of nitrogens with zero attached hydrogens (tertiary/aromatic N) is 2. The first-order valence-corrected chi connectivity index (χ1v) is 7.31. The molecule has 0 bridgehead atoms. The zero-order valence-corrected chi connectivity index (χ0v) is 13.5. The number of para-hydroxylation sites is 1. The van der Waals surface area contributed by atoms with E-state index >= 15 is 0 Å². The van der Waals surface area contributed by atoms with E-state index in [9.17, 15) is 14.4 Å². The maximum Gasteiger partial charge on any atom is 0.264 e. The van der Waals surface area contributed by atoms with Crippen molar-refractivity contribution in [1.82, 2.24) is 4.90 Å². The Labute approximate surface area is 140 Å². The Balaban J connectivity index is 2.26. The van der Waals surface area contributed by atoms with E-state index in [0.29, 0.717) is 16.9 Å². The summed E-state index contributed by atoms with van der Waals surface area (Å²) >= 11 is 0. The highest BCUT2D eigenvalue weighted by molar-refractivity contribution is 6.01. The van der Waals surface area contributed by atoms with Crippen LogP contribution in [0.4, 0.5) is 4.39 Å². The molecule has 0 aliphatic heterocycles. The highest BCUT2D eigenvalue weighted by Crippen LogP contribution is 2.23. The molecule has 0 aliphatic rings. The molecule has 0 atom stereocenters. The van der Waals surface area contributed by atoms with Gasteiger partial charge in [-0.3, -0.25) is 4.79 Å². The lowest BCUT2D eigenvalue weighted by Crippen LogP contribution is -2.22. The third kappa shape index (κ3) is 4.20. The van der Waals surface area contributed by atoms with Gasteiger partial charge in [0, 0.05) is 25.2 Å². The number of carbonyl (C=O) groups is 1. The van der Waals surface area contributed by atoms with Gasteiger partial charge in [-0.15, -0.1) is 0 Å². The van der Waals surface area contributed by atoms with Crippen LogP contribution in [-0.4, -0.2) is 24.9 Å². The zero-order valence-electron chi connectivity index (χ0n) is 13.5. The number of likely N-dealkylation sites (N-methyl/N-ethyl adjacent to an activating group) is 1. The average Bonchev–Trinajstić information content (AvgIpc) is 2.59. The second kappa shape index (κ2) is 7.93. The summed E-state index contributed by atoms with van der Waals surface area (Å²) < 4.78 is 19.3. The monoisotopic (exact) mass is 324 g/mol. The molecule has 0 heterocycles. The maximum absolute atomic E-state index is 13.7. The maximum atomic E-state index is 13.7. The fourth-order valence-corrected chi connectivity index (χ4v) is 2.04. The van der Waals surface area contributed by atoms with Gasteiger partial charge in [0.1, 0.15) is 29.8 Å². The first-order valence-electron chi connectivity index (χ1n) is 7.31. The van der Waals surface area contributed by atoms with Crippen molar-refractivity contribution in [3.05, 3.63) is 71.0 Å². The molecule has 0 unspecified atom stereocenters. The number of ether oxygens (including phenoxy) is 1. The smallest absolute Gasteiger partial charge is 0.264 e. The first-order chi connectivity index (χ1) is 11.5. The minimum absolute atomic E-state index is 0.00180. The third-order valence-corrected chi connectivity index (χ3v) is 3.32. The third-order valence-electron chi connectivity index (χ3n) is 3.32. The van der Waals surface area contributed by atoms with Crippen LogP contribution in [0.25, 0.3) is 6.08 Å². The first kappa shape index (κ1) is 17.2. The van der Waals surface area contributed by atoms with Crippen LogP contribution in [0.1, 0.15) is 11.1 Å². The molecular formula is C19H17FN2O2. The molecule has 24 heavy (non-hydrogen) atoms. The van der Waals surface area contributed by atoms with Gasteiger partial charge in [-0.25, -0.2) is 4.39 Å². The van der Waals surface area contributed by atoms with E-state index in [0.717, 1.165) is 0 Å². The van der Waals surface area contributed by atoms with Crippen molar-refractivity contribution in [3.63, 3.8) is 0 Å². The summed E-state index contributed by atoms with van der Waals surface area (Å²) in [6, 6.07) is 15.2. The van der Waals surface area contributed by atoms with Crippen molar-refractivity contribution in [2.24, 2.45) is 0 Å². The predicted molar refractivity (Wildman–Crippen MR) is 89.5 cm³/mol. The highest BCUT2D eigenvalue weighted by Gasteiger charge is 2.12. The van der Waals surface area contributed by atoms with Crippen LogP contribution in [0.15, 0.2) is 54.1 Å². The van der Waals surface area contributed by atoms with E-state index < -0.39 is 0 Å². The van der Waals surface area contributed by atoms with Gasteiger partial charge in [0.05, 0.1) is 0 Å². The summed E-state index contributed by atoms with van der Waals surface area (Å²) in [5.74, 6) is -0.257. The van der Waals surface area contributed by atoms with Crippen LogP contribution in [0, 0.1) is 17.1 Å². The minimum Gasteiger partial charge on any atom is -0.488 e. The number of carbonyl (C=O) groups excluding carboxylic acids is 1. The molecule has 122 valence electrons. The van der Waals surface area contributed by atoms with Gasteiger partial charge in [-0.1, -0.05) is 36.4 Å². The Hall–Kier alpha value is -3.13. The molecule has 0 fully saturated rings. The number of hydrogen-bond acceptors (Lipinski definition) is 3. The van der Waals surface area contributed by atoms with Crippen LogP contribution in [-0.2, 0) is 11.4 Å². The summed E-state index contributed by atoms with van der Waals surface area (Å²) in [6.45, 7) is 0.0566. The van der Waals surface area contributed by atoms with Crippen molar-refractivity contribution >= 4 is 12.0 Å². The van der Waals surface area contributed by atoms with Gasteiger partial charge in [0.15, 0.2) is 0 Å². The Morgan fingerprint density at radius 2 is 1.88 bits per heavy atom. The van der Waals surface area contributed by atoms with Crippen LogP contribution >= 0.6 is 0 Å². The van der Waals surface area contributed by atoms with E-state index in [2.05, 4.69) is 0 Å². The van der Waals surface area contributed by atoms with Crippen LogP contribution < -0.4 is 4.74 Å². The summed E-state index contributed by atoms with van der Waals surface area (Å²) in [4.78, 5) is 13.3. The molecule has 0 saturated heterocycles. The lowest BCUT2D eigenvalue weighted by Gasteiger charge is -2.11. The second-order valence-electron chi connectivity index (χ2n) is 5.29. The minimum atomic E-state index is -0.388.